The Morgan fingerprint density at radius 3 is 1.58 bits per heavy atom. The molecule has 0 aliphatic rings. The first kappa shape index (κ1) is 8.45. The van der Waals surface area contributed by atoms with E-state index in [4.69, 9.17) is 0 Å². The summed E-state index contributed by atoms with van der Waals surface area (Å²) in [7, 11) is 0. The van der Waals surface area contributed by atoms with Gasteiger partial charge in [-0.05, 0) is 0 Å². The van der Waals surface area contributed by atoms with Crippen LogP contribution >= 0.6 is 0 Å². The number of carbonyl (C=O) groups excluding carboxylic acids is 2. The maximum absolute atomic E-state index is 11.1. The van der Waals surface area contributed by atoms with Crippen LogP contribution in [-0.2, 0) is 0 Å². The molecule has 0 aliphatic heterocycles. The molecule has 0 aliphatic carbocycles. The fourth-order valence-electron chi connectivity index (χ4n) is 0.856. The highest BCUT2D eigenvalue weighted by Crippen LogP contribution is 1.84. The van der Waals surface area contributed by atoms with Crippen molar-refractivity contribution in [3.8, 4) is 0 Å². The molecule has 0 saturated heterocycles. The van der Waals surface area contributed by atoms with Gasteiger partial charge >= 0.3 is 5.69 Å². The van der Waals surface area contributed by atoms with Crippen LogP contribution < -0.4 is 5.69 Å². The van der Waals surface area contributed by atoms with E-state index in [0.29, 0.717) is 0 Å². The van der Waals surface area contributed by atoms with E-state index in [-0.39, 0.29) is 0 Å². The normalized spacial score (nSPS) is 9.83. The standard InChI is InChI=1S/C7H8N2O3/c1-5(10)8-3-4-9(6(2)11)7(8)12/h3-4H,1-2H3. The lowest BCUT2D eigenvalue weighted by Crippen LogP contribution is -2.29. The zero-order chi connectivity index (χ0) is 9.30. The molecule has 1 aromatic rings. The van der Waals surface area contributed by atoms with Gasteiger partial charge in [-0.1, -0.05) is 0 Å². The molecule has 0 N–H and O–H groups in total. The van der Waals surface area contributed by atoms with E-state index in [9.17, 15) is 14.4 Å². The topological polar surface area (TPSA) is 61.1 Å². The highest BCUT2D eigenvalue weighted by atomic mass is 16.2. The molecule has 0 spiro atoms. The highest BCUT2D eigenvalue weighted by Gasteiger charge is 2.08. The van der Waals surface area contributed by atoms with Gasteiger partial charge in [0.25, 0.3) is 0 Å². The van der Waals surface area contributed by atoms with Crippen LogP contribution in [0.5, 0.6) is 0 Å². The smallest absolute Gasteiger partial charge is 0.274 e. The van der Waals surface area contributed by atoms with E-state index >= 15 is 0 Å². The second-order valence-corrected chi connectivity index (χ2v) is 2.36. The Morgan fingerprint density at radius 1 is 1.08 bits per heavy atom. The van der Waals surface area contributed by atoms with Crippen molar-refractivity contribution in [2.45, 2.75) is 13.8 Å². The first-order valence-corrected chi connectivity index (χ1v) is 3.36. The van der Waals surface area contributed by atoms with Gasteiger partial charge in [0, 0.05) is 26.2 Å². The summed E-state index contributed by atoms with van der Waals surface area (Å²) in [6, 6.07) is 0. The first-order chi connectivity index (χ1) is 5.54. The minimum Gasteiger partial charge on any atom is -0.274 e. The number of carbonyl (C=O) groups is 2. The Kier molecular flexibility index (Phi) is 1.95. The van der Waals surface area contributed by atoms with Crippen LogP contribution in [0, 0.1) is 0 Å². The lowest BCUT2D eigenvalue weighted by Gasteiger charge is -1.91. The third-order valence-electron chi connectivity index (χ3n) is 1.46. The molecule has 0 amide bonds. The molecule has 0 aromatic carbocycles. The van der Waals surface area contributed by atoms with E-state index in [0.717, 1.165) is 9.13 Å². The van der Waals surface area contributed by atoms with Crippen LogP contribution in [0.1, 0.15) is 23.4 Å². The Labute approximate surface area is 68.2 Å². The van der Waals surface area contributed by atoms with Gasteiger partial charge < -0.3 is 0 Å². The number of hydrogen-bond donors (Lipinski definition) is 0. The lowest BCUT2D eigenvalue weighted by atomic mass is 10.7. The summed E-state index contributed by atoms with van der Waals surface area (Å²) < 4.78 is 1.75. The van der Waals surface area contributed by atoms with E-state index in [1.807, 2.05) is 0 Å². The molecule has 0 radical (unpaired) electrons. The van der Waals surface area contributed by atoms with Crippen LogP contribution in [0.3, 0.4) is 0 Å². The average molecular weight is 168 g/mol. The van der Waals surface area contributed by atoms with Crippen LogP contribution in [0.4, 0.5) is 0 Å². The predicted octanol–water partition coefficient (Wildman–Crippen LogP) is -0.0300. The summed E-state index contributed by atoms with van der Waals surface area (Å²) in [6.07, 6.45) is 2.54. The summed E-state index contributed by atoms with van der Waals surface area (Å²) in [5.41, 5.74) is -0.616. The minimum atomic E-state index is -0.616. The van der Waals surface area contributed by atoms with Gasteiger partial charge in [-0.25, -0.2) is 13.9 Å². The Morgan fingerprint density at radius 2 is 1.42 bits per heavy atom. The van der Waals surface area contributed by atoms with Gasteiger partial charge in [0.1, 0.15) is 0 Å². The van der Waals surface area contributed by atoms with Crippen molar-refractivity contribution in [1.82, 2.24) is 9.13 Å². The lowest BCUT2D eigenvalue weighted by molar-refractivity contribution is 0.0921. The van der Waals surface area contributed by atoms with E-state index in [1.165, 1.54) is 26.2 Å². The van der Waals surface area contributed by atoms with E-state index in [1.54, 1.807) is 0 Å². The maximum Gasteiger partial charge on any atom is 0.341 e. The van der Waals surface area contributed by atoms with Gasteiger partial charge in [-0.15, -0.1) is 0 Å². The molecule has 0 bridgehead atoms. The first-order valence-electron chi connectivity index (χ1n) is 3.36. The van der Waals surface area contributed by atoms with Crippen molar-refractivity contribution < 1.29 is 9.59 Å². The monoisotopic (exact) mass is 168 g/mol. The number of aromatic nitrogens is 2. The number of imidazole rings is 1. The Balaban J connectivity index is 3.32. The molecule has 64 valence electrons. The van der Waals surface area contributed by atoms with Crippen LogP contribution in [0.15, 0.2) is 17.2 Å². The quantitative estimate of drug-likeness (QED) is 0.546. The summed E-state index contributed by atoms with van der Waals surface area (Å²) >= 11 is 0. The largest absolute Gasteiger partial charge is 0.341 e. The predicted molar refractivity (Wildman–Crippen MR) is 41.3 cm³/mol. The van der Waals surface area contributed by atoms with Crippen molar-refractivity contribution in [2.75, 3.05) is 0 Å². The second-order valence-electron chi connectivity index (χ2n) is 2.36. The summed E-state index contributed by atoms with van der Waals surface area (Å²) in [6.45, 7) is 2.51. The molecular formula is C7H8N2O3. The number of rotatable bonds is 0. The Hall–Kier alpha value is -1.65. The summed E-state index contributed by atoms with van der Waals surface area (Å²) in [5, 5.41) is 0. The van der Waals surface area contributed by atoms with Gasteiger partial charge in [-0.2, -0.15) is 0 Å². The van der Waals surface area contributed by atoms with Crippen molar-refractivity contribution in [3.05, 3.63) is 22.9 Å². The molecule has 12 heavy (non-hydrogen) atoms. The third kappa shape index (κ3) is 1.20. The van der Waals surface area contributed by atoms with E-state index in [2.05, 4.69) is 0 Å². The van der Waals surface area contributed by atoms with Gasteiger partial charge in [-0.3, -0.25) is 9.59 Å². The van der Waals surface area contributed by atoms with Crippen molar-refractivity contribution in [3.63, 3.8) is 0 Å². The highest BCUT2D eigenvalue weighted by molar-refractivity contribution is 5.79. The zero-order valence-corrected chi connectivity index (χ0v) is 6.77. The molecule has 5 heteroatoms. The molecule has 1 rings (SSSR count). The average Bonchev–Trinajstić information content (AvgIpc) is 2.30. The van der Waals surface area contributed by atoms with Crippen LogP contribution in [-0.4, -0.2) is 20.9 Å². The maximum atomic E-state index is 11.1. The van der Waals surface area contributed by atoms with Crippen molar-refractivity contribution >= 4 is 11.8 Å². The summed E-state index contributed by atoms with van der Waals surface area (Å²) in [4.78, 5) is 32.6. The molecule has 0 unspecified atom stereocenters. The number of hydrogen-bond acceptors (Lipinski definition) is 3. The Bertz CT molecular complexity index is 351. The van der Waals surface area contributed by atoms with Crippen LogP contribution in [0.2, 0.25) is 0 Å². The molecule has 1 aromatic heterocycles. The molecule has 0 fully saturated rings. The van der Waals surface area contributed by atoms with Gasteiger partial charge in [0.05, 0.1) is 0 Å². The second kappa shape index (κ2) is 2.77. The zero-order valence-electron chi connectivity index (χ0n) is 6.77. The van der Waals surface area contributed by atoms with Gasteiger partial charge in [0.2, 0.25) is 11.8 Å². The van der Waals surface area contributed by atoms with E-state index < -0.39 is 17.5 Å². The molecule has 0 atom stereocenters. The molecule has 5 nitrogen and oxygen atoms in total. The fourth-order valence-corrected chi connectivity index (χ4v) is 0.856. The molecule has 0 saturated carbocycles. The molecular weight excluding hydrogens is 160 g/mol. The van der Waals surface area contributed by atoms with Gasteiger partial charge in [0.15, 0.2) is 0 Å². The van der Waals surface area contributed by atoms with Crippen LogP contribution in [0.25, 0.3) is 0 Å². The minimum absolute atomic E-state index is 0.403. The molecule has 1 heterocycles. The van der Waals surface area contributed by atoms with Crippen molar-refractivity contribution in [1.29, 1.82) is 0 Å². The SMILES string of the molecule is CC(=O)n1ccn(C(C)=O)c1=O. The number of nitrogens with zero attached hydrogens (tertiary/aromatic N) is 2. The third-order valence-corrected chi connectivity index (χ3v) is 1.46. The van der Waals surface area contributed by atoms with Crippen molar-refractivity contribution in [2.24, 2.45) is 0 Å². The fraction of sp³-hybridized carbons (Fsp3) is 0.286. The summed E-state index contributed by atoms with van der Waals surface area (Å²) in [5.74, 6) is -0.806.